The molecular weight excluding hydrogens is 208 g/mol. The molecule has 0 saturated carbocycles. The van der Waals surface area contributed by atoms with Crippen LogP contribution in [0.3, 0.4) is 0 Å². The molecule has 2 heterocycles. The molecule has 0 spiro atoms. The standard InChI is InChI=1S/C10H10N4O2/c11-10(16)8-4-13-14(5-8)9-2-1-7(6-15)3-12-9/h1-5,15H,6H2,(H2,11,16). The number of aliphatic hydroxyl groups is 1. The lowest BCUT2D eigenvalue weighted by Crippen LogP contribution is -2.09. The number of carbonyl (C=O) groups is 1. The Bertz CT molecular complexity index is 504. The fraction of sp³-hybridized carbons (Fsp3) is 0.100. The monoisotopic (exact) mass is 218 g/mol. The van der Waals surface area contributed by atoms with E-state index in [4.69, 9.17) is 10.8 Å². The normalized spacial score (nSPS) is 10.3. The first-order valence-electron chi connectivity index (χ1n) is 4.61. The number of aromatic nitrogens is 3. The van der Waals surface area contributed by atoms with Crippen molar-refractivity contribution in [1.82, 2.24) is 14.8 Å². The van der Waals surface area contributed by atoms with Gasteiger partial charge in [0.15, 0.2) is 5.82 Å². The highest BCUT2D eigenvalue weighted by atomic mass is 16.3. The smallest absolute Gasteiger partial charge is 0.251 e. The Balaban J connectivity index is 2.31. The number of primary amides is 1. The molecular formula is C10H10N4O2. The first-order chi connectivity index (χ1) is 7.70. The van der Waals surface area contributed by atoms with Gasteiger partial charge in [0.1, 0.15) is 0 Å². The van der Waals surface area contributed by atoms with E-state index in [9.17, 15) is 4.79 Å². The second-order valence-electron chi connectivity index (χ2n) is 3.22. The summed E-state index contributed by atoms with van der Waals surface area (Å²) in [6.45, 7) is -0.0566. The average molecular weight is 218 g/mol. The van der Waals surface area contributed by atoms with E-state index in [2.05, 4.69) is 10.1 Å². The van der Waals surface area contributed by atoms with Crippen molar-refractivity contribution < 1.29 is 9.90 Å². The fourth-order valence-electron chi connectivity index (χ4n) is 1.22. The van der Waals surface area contributed by atoms with E-state index in [-0.39, 0.29) is 6.61 Å². The summed E-state index contributed by atoms with van der Waals surface area (Å²) in [5.41, 5.74) is 6.15. The van der Waals surface area contributed by atoms with Gasteiger partial charge in [-0.25, -0.2) is 9.67 Å². The minimum atomic E-state index is -0.529. The predicted molar refractivity (Wildman–Crippen MR) is 55.8 cm³/mol. The Hall–Kier alpha value is -2.21. The molecule has 0 fully saturated rings. The second kappa shape index (κ2) is 4.11. The molecule has 0 aliphatic rings. The van der Waals surface area contributed by atoms with Crippen LogP contribution >= 0.6 is 0 Å². The van der Waals surface area contributed by atoms with Crippen LogP contribution < -0.4 is 5.73 Å². The van der Waals surface area contributed by atoms with Crippen molar-refractivity contribution in [3.8, 4) is 5.82 Å². The summed E-state index contributed by atoms with van der Waals surface area (Å²) in [6.07, 6.45) is 4.42. The SMILES string of the molecule is NC(=O)c1cnn(-c2ccc(CO)cn2)c1. The Kier molecular flexibility index (Phi) is 2.65. The topological polar surface area (TPSA) is 94.0 Å². The number of nitrogens with two attached hydrogens (primary N) is 1. The van der Waals surface area contributed by atoms with E-state index in [1.807, 2.05) is 0 Å². The van der Waals surface area contributed by atoms with Gasteiger partial charge < -0.3 is 10.8 Å². The van der Waals surface area contributed by atoms with Gasteiger partial charge in [-0.05, 0) is 11.6 Å². The number of aliphatic hydroxyl groups excluding tert-OH is 1. The zero-order valence-corrected chi connectivity index (χ0v) is 8.37. The predicted octanol–water partition coefficient (Wildman–Crippen LogP) is -0.142. The summed E-state index contributed by atoms with van der Waals surface area (Å²) in [5, 5.41) is 12.8. The van der Waals surface area contributed by atoms with Crippen LogP contribution in [0.1, 0.15) is 15.9 Å². The molecule has 2 aromatic rings. The van der Waals surface area contributed by atoms with Gasteiger partial charge in [-0.2, -0.15) is 5.10 Å². The molecule has 0 atom stereocenters. The minimum absolute atomic E-state index is 0.0566. The second-order valence-corrected chi connectivity index (χ2v) is 3.22. The Labute approximate surface area is 91.3 Å². The van der Waals surface area contributed by atoms with Crippen molar-refractivity contribution in [3.05, 3.63) is 41.9 Å². The molecule has 0 radical (unpaired) electrons. The molecule has 0 aromatic carbocycles. The highest BCUT2D eigenvalue weighted by Crippen LogP contribution is 2.06. The molecule has 1 amide bonds. The quantitative estimate of drug-likeness (QED) is 0.749. The molecule has 16 heavy (non-hydrogen) atoms. The van der Waals surface area contributed by atoms with Gasteiger partial charge in [0.2, 0.25) is 0 Å². The van der Waals surface area contributed by atoms with Crippen molar-refractivity contribution in [1.29, 1.82) is 0 Å². The lowest BCUT2D eigenvalue weighted by atomic mass is 10.3. The van der Waals surface area contributed by atoms with E-state index in [0.29, 0.717) is 16.9 Å². The van der Waals surface area contributed by atoms with Crippen LogP contribution in [0.2, 0.25) is 0 Å². The van der Waals surface area contributed by atoms with Crippen LogP contribution in [0, 0.1) is 0 Å². The van der Waals surface area contributed by atoms with E-state index >= 15 is 0 Å². The van der Waals surface area contributed by atoms with Crippen molar-refractivity contribution in [3.63, 3.8) is 0 Å². The van der Waals surface area contributed by atoms with Crippen LogP contribution in [0.4, 0.5) is 0 Å². The molecule has 0 unspecified atom stereocenters. The molecule has 0 aliphatic carbocycles. The van der Waals surface area contributed by atoms with E-state index in [1.54, 1.807) is 18.3 Å². The number of amides is 1. The van der Waals surface area contributed by atoms with Crippen LogP contribution in [0.5, 0.6) is 0 Å². The maximum absolute atomic E-state index is 10.9. The third-order valence-electron chi connectivity index (χ3n) is 2.09. The first kappa shape index (κ1) is 10.3. The third kappa shape index (κ3) is 1.91. The van der Waals surface area contributed by atoms with E-state index < -0.39 is 5.91 Å². The highest BCUT2D eigenvalue weighted by Gasteiger charge is 2.05. The largest absolute Gasteiger partial charge is 0.392 e. The fourth-order valence-corrected chi connectivity index (χ4v) is 1.22. The van der Waals surface area contributed by atoms with Crippen molar-refractivity contribution in [2.45, 2.75) is 6.61 Å². The lowest BCUT2D eigenvalue weighted by molar-refractivity contribution is 0.100. The van der Waals surface area contributed by atoms with Gasteiger partial charge in [-0.3, -0.25) is 4.79 Å². The van der Waals surface area contributed by atoms with Gasteiger partial charge in [-0.15, -0.1) is 0 Å². The number of pyridine rings is 1. The minimum Gasteiger partial charge on any atom is -0.392 e. The molecule has 2 aromatic heterocycles. The summed E-state index contributed by atoms with van der Waals surface area (Å²) >= 11 is 0. The maximum atomic E-state index is 10.9. The summed E-state index contributed by atoms with van der Waals surface area (Å²) < 4.78 is 1.45. The number of rotatable bonds is 3. The maximum Gasteiger partial charge on any atom is 0.251 e. The highest BCUT2D eigenvalue weighted by molar-refractivity contribution is 5.92. The van der Waals surface area contributed by atoms with Crippen molar-refractivity contribution in [2.24, 2.45) is 5.73 Å². The lowest BCUT2D eigenvalue weighted by Gasteiger charge is -2.00. The van der Waals surface area contributed by atoms with Gasteiger partial charge in [0.05, 0.1) is 18.4 Å². The van der Waals surface area contributed by atoms with Crippen molar-refractivity contribution >= 4 is 5.91 Å². The number of hydrogen-bond donors (Lipinski definition) is 2. The van der Waals surface area contributed by atoms with Gasteiger partial charge >= 0.3 is 0 Å². The van der Waals surface area contributed by atoms with Crippen molar-refractivity contribution in [2.75, 3.05) is 0 Å². The average Bonchev–Trinajstić information content (AvgIpc) is 2.78. The molecule has 2 rings (SSSR count). The molecule has 82 valence electrons. The number of nitrogens with zero attached hydrogens (tertiary/aromatic N) is 3. The first-order valence-corrected chi connectivity index (χ1v) is 4.61. The van der Waals surface area contributed by atoms with Crippen LogP contribution in [-0.4, -0.2) is 25.8 Å². The molecule has 3 N–H and O–H groups in total. The number of hydrogen-bond acceptors (Lipinski definition) is 4. The van der Waals surface area contributed by atoms with Crippen LogP contribution in [0.15, 0.2) is 30.7 Å². The Morgan fingerprint density at radius 1 is 1.44 bits per heavy atom. The van der Waals surface area contributed by atoms with Gasteiger partial charge in [-0.1, -0.05) is 6.07 Å². The summed E-state index contributed by atoms with van der Waals surface area (Å²) in [7, 11) is 0. The van der Waals surface area contributed by atoms with Crippen LogP contribution in [0.25, 0.3) is 5.82 Å². The number of carbonyl (C=O) groups excluding carboxylic acids is 1. The zero-order valence-electron chi connectivity index (χ0n) is 8.37. The molecule has 6 nitrogen and oxygen atoms in total. The van der Waals surface area contributed by atoms with Gasteiger partial charge in [0, 0.05) is 12.4 Å². The molecule has 6 heteroatoms. The molecule has 0 saturated heterocycles. The van der Waals surface area contributed by atoms with E-state index in [1.165, 1.54) is 17.1 Å². The zero-order chi connectivity index (χ0) is 11.5. The van der Waals surface area contributed by atoms with Crippen LogP contribution in [-0.2, 0) is 6.61 Å². The Morgan fingerprint density at radius 3 is 2.75 bits per heavy atom. The van der Waals surface area contributed by atoms with Gasteiger partial charge in [0.25, 0.3) is 5.91 Å². The van der Waals surface area contributed by atoms with E-state index in [0.717, 1.165) is 0 Å². The molecule has 0 aliphatic heterocycles. The molecule has 0 bridgehead atoms. The summed E-state index contributed by atoms with van der Waals surface area (Å²) in [4.78, 5) is 14.9. The summed E-state index contributed by atoms with van der Waals surface area (Å²) in [6, 6.07) is 3.43. The summed E-state index contributed by atoms with van der Waals surface area (Å²) in [5.74, 6) is 0.0305. The third-order valence-corrected chi connectivity index (χ3v) is 2.09. The Morgan fingerprint density at radius 2 is 2.25 bits per heavy atom.